The van der Waals surface area contributed by atoms with E-state index in [0.717, 1.165) is 0 Å². The average Bonchev–Trinajstić information content (AvgIpc) is 2.50. The average molecular weight is 286 g/mol. The quantitative estimate of drug-likeness (QED) is 0.889. The van der Waals surface area contributed by atoms with Crippen molar-refractivity contribution in [3.63, 3.8) is 0 Å². The van der Waals surface area contributed by atoms with E-state index < -0.39 is 0 Å². The highest BCUT2D eigenvalue weighted by Crippen LogP contribution is 2.21. The zero-order valence-corrected chi connectivity index (χ0v) is 12.8. The monoisotopic (exact) mass is 286 g/mol. The lowest BCUT2D eigenvalue weighted by Gasteiger charge is -2.28. The number of carbonyl (C=O) groups excluding carboxylic acids is 1. The molecule has 0 bridgehead atoms. The van der Waals surface area contributed by atoms with Gasteiger partial charge in [-0.1, -0.05) is 25.5 Å². The second-order valence-electron chi connectivity index (χ2n) is 6.05. The first-order chi connectivity index (χ1) is 10.1. The maximum absolute atomic E-state index is 12.3. The molecular weight excluding hydrogens is 262 g/mol. The van der Waals surface area contributed by atoms with Gasteiger partial charge in [0.2, 0.25) is 0 Å². The summed E-state index contributed by atoms with van der Waals surface area (Å²) >= 11 is 0. The fourth-order valence-electron chi connectivity index (χ4n) is 3.03. The zero-order valence-electron chi connectivity index (χ0n) is 12.8. The van der Waals surface area contributed by atoms with Crippen LogP contribution in [0.3, 0.4) is 0 Å². The van der Waals surface area contributed by atoms with Crippen LogP contribution in [0.5, 0.6) is 0 Å². The number of anilines is 1. The number of hydrogen-bond acceptors (Lipinski definition) is 2. The first kappa shape index (κ1) is 15.5. The van der Waals surface area contributed by atoms with Crippen LogP contribution in [0.1, 0.15) is 45.1 Å². The number of hydrogen-bond donors (Lipinski definition) is 2. The van der Waals surface area contributed by atoms with Gasteiger partial charge in [0.1, 0.15) is 6.07 Å². The van der Waals surface area contributed by atoms with Gasteiger partial charge in [0.25, 0.3) is 5.91 Å². The normalized spacial score (nSPS) is 23.1. The minimum Gasteiger partial charge on any atom is -0.334 e. The highest BCUT2D eigenvalue weighted by molar-refractivity contribution is 5.94. The van der Waals surface area contributed by atoms with E-state index in [0.29, 0.717) is 23.2 Å². The van der Waals surface area contributed by atoms with E-state index in [1.54, 1.807) is 18.2 Å². The topological polar surface area (TPSA) is 69.5 Å². The molecule has 1 amide bonds. The van der Waals surface area contributed by atoms with Crippen LogP contribution < -0.4 is 10.6 Å². The lowest BCUT2D eigenvalue weighted by molar-refractivity contribution is -0.714. The molecule has 0 saturated heterocycles. The second kappa shape index (κ2) is 7.24. The summed E-state index contributed by atoms with van der Waals surface area (Å²) in [6.45, 7) is 4.21. The van der Waals surface area contributed by atoms with Crippen LogP contribution in [0.25, 0.3) is 0 Å². The Morgan fingerprint density at radius 1 is 1.38 bits per heavy atom. The highest BCUT2D eigenvalue weighted by atomic mass is 16.2. The molecule has 1 aromatic carbocycles. The largest absolute Gasteiger partial charge is 0.334 e. The van der Waals surface area contributed by atoms with Crippen LogP contribution >= 0.6 is 0 Å². The fraction of sp³-hybridized carbons (Fsp3) is 0.529. The summed E-state index contributed by atoms with van der Waals surface area (Å²) in [6.07, 6.45) is 5.01. The van der Waals surface area contributed by atoms with Crippen molar-refractivity contribution in [1.82, 2.24) is 0 Å². The molecule has 2 rings (SSSR count). The van der Waals surface area contributed by atoms with E-state index in [2.05, 4.69) is 23.6 Å². The maximum atomic E-state index is 12.3. The molecule has 3 atom stereocenters. The van der Waals surface area contributed by atoms with Crippen molar-refractivity contribution in [3.8, 4) is 6.07 Å². The molecule has 112 valence electrons. The third-order valence-corrected chi connectivity index (χ3v) is 4.43. The third-order valence-electron chi connectivity index (χ3n) is 4.43. The lowest BCUT2D eigenvalue weighted by atomic mass is 9.85. The third kappa shape index (κ3) is 4.05. The Kier molecular flexibility index (Phi) is 5.35. The number of nitrogens with one attached hydrogen (secondary N) is 1. The lowest BCUT2D eigenvalue weighted by Crippen LogP contribution is -2.97. The molecule has 1 saturated carbocycles. The van der Waals surface area contributed by atoms with Gasteiger partial charge in [-0.25, -0.2) is 0 Å². The number of benzene rings is 1. The fourth-order valence-corrected chi connectivity index (χ4v) is 3.03. The van der Waals surface area contributed by atoms with Crippen molar-refractivity contribution in [2.75, 3.05) is 5.32 Å². The van der Waals surface area contributed by atoms with E-state index in [9.17, 15) is 4.79 Å². The van der Waals surface area contributed by atoms with Gasteiger partial charge >= 0.3 is 0 Å². The number of quaternary nitrogens is 1. The molecule has 3 N–H and O–H groups in total. The Morgan fingerprint density at radius 3 is 2.81 bits per heavy atom. The summed E-state index contributed by atoms with van der Waals surface area (Å²) in [6, 6.07) is 9.61. The first-order valence-electron chi connectivity index (χ1n) is 7.76. The molecule has 0 heterocycles. The van der Waals surface area contributed by atoms with E-state index in [1.807, 2.05) is 13.0 Å². The molecule has 0 aromatic heterocycles. The first-order valence-corrected chi connectivity index (χ1v) is 7.76. The maximum Gasteiger partial charge on any atom is 0.282 e. The van der Waals surface area contributed by atoms with Crippen LogP contribution in [0.15, 0.2) is 24.3 Å². The van der Waals surface area contributed by atoms with Gasteiger partial charge in [-0.05, 0) is 38.3 Å². The number of para-hydroxylation sites is 1. The van der Waals surface area contributed by atoms with Gasteiger partial charge in [0, 0.05) is 5.92 Å². The number of carbonyl (C=O) groups is 1. The number of nitriles is 1. The summed E-state index contributed by atoms with van der Waals surface area (Å²) in [5.74, 6) is 0.635. The van der Waals surface area contributed by atoms with Gasteiger partial charge in [0.05, 0.1) is 17.3 Å². The minimum absolute atomic E-state index is 0.0320. The smallest absolute Gasteiger partial charge is 0.282 e. The predicted octanol–water partition coefficient (Wildman–Crippen LogP) is 2.03. The molecule has 0 unspecified atom stereocenters. The van der Waals surface area contributed by atoms with Gasteiger partial charge < -0.3 is 10.6 Å². The second-order valence-corrected chi connectivity index (χ2v) is 6.05. The summed E-state index contributed by atoms with van der Waals surface area (Å²) in [5.41, 5.74) is 1.10. The zero-order chi connectivity index (χ0) is 15.2. The Labute approximate surface area is 126 Å². The molecule has 4 nitrogen and oxygen atoms in total. The molecule has 4 heteroatoms. The molecule has 0 aliphatic heterocycles. The van der Waals surface area contributed by atoms with Crippen molar-refractivity contribution in [1.29, 1.82) is 5.26 Å². The van der Waals surface area contributed by atoms with Crippen LogP contribution in [0, 0.1) is 17.2 Å². The van der Waals surface area contributed by atoms with Crippen molar-refractivity contribution in [3.05, 3.63) is 29.8 Å². The van der Waals surface area contributed by atoms with E-state index in [-0.39, 0.29) is 11.9 Å². The molecular formula is C17H24N3O+. The van der Waals surface area contributed by atoms with Crippen LogP contribution in [0.2, 0.25) is 0 Å². The Morgan fingerprint density at radius 2 is 2.10 bits per heavy atom. The molecule has 1 aliphatic carbocycles. The summed E-state index contributed by atoms with van der Waals surface area (Å²) in [4.78, 5) is 12.3. The molecule has 0 radical (unpaired) electrons. The number of amides is 1. The summed E-state index contributed by atoms with van der Waals surface area (Å²) < 4.78 is 0. The number of nitrogens with two attached hydrogens (primary N) is 1. The van der Waals surface area contributed by atoms with Crippen molar-refractivity contribution < 1.29 is 10.1 Å². The van der Waals surface area contributed by atoms with Crippen LogP contribution in [0.4, 0.5) is 5.69 Å². The SMILES string of the molecule is C[C@H]([NH2+][C@@H]1CCCC[C@H]1C)C(=O)Nc1ccccc1C#N. The van der Waals surface area contributed by atoms with E-state index >= 15 is 0 Å². The van der Waals surface area contributed by atoms with Crippen molar-refractivity contribution >= 4 is 11.6 Å². The van der Waals surface area contributed by atoms with Gasteiger partial charge in [0.15, 0.2) is 6.04 Å². The molecule has 1 fully saturated rings. The van der Waals surface area contributed by atoms with Crippen LogP contribution in [-0.2, 0) is 4.79 Å². The summed E-state index contributed by atoms with van der Waals surface area (Å²) in [5, 5.41) is 14.1. The highest BCUT2D eigenvalue weighted by Gasteiger charge is 2.28. The molecule has 1 aliphatic rings. The Hall–Kier alpha value is -1.86. The Balaban J connectivity index is 1.95. The van der Waals surface area contributed by atoms with Gasteiger partial charge in [-0.2, -0.15) is 5.26 Å². The van der Waals surface area contributed by atoms with E-state index in [4.69, 9.17) is 5.26 Å². The molecule has 1 aromatic rings. The predicted molar refractivity (Wildman–Crippen MR) is 82.6 cm³/mol. The van der Waals surface area contributed by atoms with Crippen molar-refractivity contribution in [2.24, 2.45) is 5.92 Å². The van der Waals surface area contributed by atoms with Crippen molar-refractivity contribution in [2.45, 2.75) is 51.6 Å². The standard InChI is InChI=1S/C17H23N3O/c1-12-7-3-5-9-15(12)19-13(2)17(21)20-16-10-6-4-8-14(16)11-18/h4,6,8,10,12-13,15,19H,3,5,7,9H2,1-2H3,(H,20,21)/p+1/t12-,13+,15-/m1/s1. The molecule has 21 heavy (non-hydrogen) atoms. The number of rotatable bonds is 4. The molecule has 0 spiro atoms. The van der Waals surface area contributed by atoms with Gasteiger partial charge in [-0.3, -0.25) is 4.79 Å². The summed E-state index contributed by atoms with van der Waals surface area (Å²) in [7, 11) is 0. The number of nitrogens with zero attached hydrogens (tertiary/aromatic N) is 1. The van der Waals surface area contributed by atoms with E-state index in [1.165, 1.54) is 25.7 Å². The van der Waals surface area contributed by atoms with Crippen LogP contribution in [-0.4, -0.2) is 18.0 Å². The Bertz CT molecular complexity index is 535. The minimum atomic E-state index is -0.137. The van der Waals surface area contributed by atoms with Gasteiger partial charge in [-0.15, -0.1) is 0 Å².